The summed E-state index contributed by atoms with van der Waals surface area (Å²) in [5, 5.41) is 4.65. The van der Waals surface area contributed by atoms with Gasteiger partial charge < -0.3 is 4.98 Å². The fraction of sp³-hybridized carbons (Fsp3) is 0.250. The highest BCUT2D eigenvalue weighted by Gasteiger charge is 2.28. The molecule has 3 aromatic heterocycles. The summed E-state index contributed by atoms with van der Waals surface area (Å²) in [5.74, 6) is 0. The lowest BCUT2D eigenvalue weighted by Crippen LogP contribution is -2.38. The number of aromatic amines is 1. The maximum Gasteiger partial charge on any atom is 0.273 e. The van der Waals surface area contributed by atoms with Gasteiger partial charge in [-0.25, -0.2) is 4.98 Å². The quantitative estimate of drug-likeness (QED) is 0.739. The molecule has 0 unspecified atom stereocenters. The van der Waals surface area contributed by atoms with Gasteiger partial charge in [-0.05, 0) is 37.5 Å². The minimum Gasteiger partial charge on any atom is -0.331 e. The van der Waals surface area contributed by atoms with E-state index in [1.807, 2.05) is 30.7 Å². The van der Waals surface area contributed by atoms with Crippen LogP contribution < -0.4 is 5.56 Å². The van der Waals surface area contributed by atoms with Gasteiger partial charge in [0, 0.05) is 11.6 Å². The van der Waals surface area contributed by atoms with Crippen molar-refractivity contribution in [2.24, 2.45) is 0 Å². The van der Waals surface area contributed by atoms with Crippen LogP contribution in [0.4, 0.5) is 0 Å². The second-order valence-corrected chi connectivity index (χ2v) is 6.83. The van der Waals surface area contributed by atoms with E-state index in [9.17, 15) is 4.79 Å². The molecule has 98 valence electrons. The van der Waals surface area contributed by atoms with E-state index >= 15 is 0 Å². The zero-order valence-electron chi connectivity index (χ0n) is 10.3. The number of aromatic nitrogens is 3. The summed E-state index contributed by atoms with van der Waals surface area (Å²) in [6.07, 6.45) is 1.74. The number of rotatable bonds is 2. The number of H-pyrrole nitrogens is 1. The fourth-order valence-electron chi connectivity index (χ4n) is 2.07. The molecule has 0 aliphatic carbocycles. The van der Waals surface area contributed by atoms with Crippen LogP contribution in [-0.4, -0.2) is 14.5 Å². The third-order valence-corrected chi connectivity index (χ3v) is 5.30. The number of thiazole rings is 1. The molecule has 0 radical (unpaired) electrons. The summed E-state index contributed by atoms with van der Waals surface area (Å²) in [7, 11) is 0. The third kappa shape index (κ3) is 1.89. The van der Waals surface area contributed by atoms with E-state index in [0.29, 0.717) is 9.47 Å². The number of hydrogen-bond acceptors (Lipinski definition) is 5. The van der Waals surface area contributed by atoms with Crippen molar-refractivity contribution < 1.29 is 0 Å². The molecule has 0 spiro atoms. The second kappa shape index (κ2) is 4.36. The molecule has 4 nitrogen and oxygen atoms in total. The van der Waals surface area contributed by atoms with Crippen LogP contribution in [0.5, 0.6) is 0 Å². The van der Waals surface area contributed by atoms with Gasteiger partial charge >= 0.3 is 0 Å². The highest BCUT2D eigenvalue weighted by atomic mass is 32.1. The smallest absolute Gasteiger partial charge is 0.273 e. The van der Waals surface area contributed by atoms with Crippen molar-refractivity contribution in [2.75, 3.05) is 0 Å². The van der Waals surface area contributed by atoms with E-state index in [2.05, 4.69) is 9.97 Å². The molecule has 0 amide bonds. The van der Waals surface area contributed by atoms with Crippen LogP contribution in [0.3, 0.4) is 0 Å². The van der Waals surface area contributed by atoms with Crippen LogP contribution in [0, 0.1) is 4.77 Å². The molecule has 0 aliphatic rings. The first kappa shape index (κ1) is 12.7. The summed E-state index contributed by atoms with van der Waals surface area (Å²) < 4.78 is 2.73. The van der Waals surface area contributed by atoms with E-state index in [1.165, 1.54) is 22.7 Å². The van der Waals surface area contributed by atoms with Gasteiger partial charge in [0.25, 0.3) is 5.56 Å². The largest absolute Gasteiger partial charge is 0.331 e. The van der Waals surface area contributed by atoms with Gasteiger partial charge in [-0.3, -0.25) is 9.36 Å². The van der Waals surface area contributed by atoms with E-state index < -0.39 is 5.54 Å². The Hall–Kier alpha value is -1.31. The number of nitrogens with one attached hydrogen (secondary N) is 1. The Morgan fingerprint density at radius 2 is 2.16 bits per heavy atom. The molecule has 7 heteroatoms. The molecule has 0 bridgehead atoms. The summed E-state index contributed by atoms with van der Waals surface area (Å²) in [4.78, 5) is 20.0. The van der Waals surface area contributed by atoms with Crippen molar-refractivity contribution in [3.8, 4) is 0 Å². The first-order valence-electron chi connectivity index (χ1n) is 5.65. The molecular weight excluding hydrogens is 298 g/mol. The predicted octanol–water partition coefficient (Wildman–Crippen LogP) is 3.36. The molecule has 0 saturated carbocycles. The second-order valence-electron chi connectivity index (χ2n) is 4.63. The van der Waals surface area contributed by atoms with Gasteiger partial charge in [0.2, 0.25) is 0 Å². The van der Waals surface area contributed by atoms with Crippen LogP contribution in [0.2, 0.25) is 0 Å². The Morgan fingerprint density at radius 3 is 2.84 bits per heavy atom. The van der Waals surface area contributed by atoms with E-state index in [0.717, 1.165) is 10.5 Å². The predicted molar refractivity (Wildman–Crippen MR) is 81.8 cm³/mol. The number of fused-ring (bicyclic) bond motifs is 1. The molecule has 0 fully saturated rings. The molecular formula is C12H11N3OS3. The minimum atomic E-state index is -0.559. The van der Waals surface area contributed by atoms with Crippen molar-refractivity contribution in [3.63, 3.8) is 0 Å². The van der Waals surface area contributed by atoms with Crippen molar-refractivity contribution in [1.29, 1.82) is 0 Å². The topological polar surface area (TPSA) is 50.7 Å². The molecule has 0 aliphatic heterocycles. The molecule has 0 atom stereocenters. The zero-order valence-corrected chi connectivity index (χ0v) is 12.8. The van der Waals surface area contributed by atoms with Crippen LogP contribution in [0.25, 0.3) is 10.2 Å². The number of nitrogens with zero attached hydrogens (tertiary/aromatic N) is 2. The average molecular weight is 309 g/mol. The monoisotopic (exact) mass is 309 g/mol. The van der Waals surface area contributed by atoms with E-state index in [-0.39, 0.29) is 5.56 Å². The molecule has 19 heavy (non-hydrogen) atoms. The van der Waals surface area contributed by atoms with Crippen LogP contribution in [0.1, 0.15) is 18.9 Å². The maximum absolute atomic E-state index is 12.6. The van der Waals surface area contributed by atoms with Gasteiger partial charge in [0.05, 0.1) is 11.1 Å². The van der Waals surface area contributed by atoms with Gasteiger partial charge in [0.15, 0.2) is 4.77 Å². The van der Waals surface area contributed by atoms with Crippen LogP contribution in [-0.2, 0) is 5.54 Å². The van der Waals surface area contributed by atoms with E-state index in [1.54, 1.807) is 10.8 Å². The first-order valence-corrected chi connectivity index (χ1v) is 7.81. The fourth-order valence-corrected chi connectivity index (χ4v) is 4.02. The lowest BCUT2D eigenvalue weighted by molar-refractivity contribution is 0.412. The summed E-state index contributed by atoms with van der Waals surface area (Å²) >= 11 is 8.29. The Balaban J connectivity index is 2.37. The Labute approximate surface area is 122 Å². The van der Waals surface area contributed by atoms with Crippen LogP contribution >= 0.6 is 34.9 Å². The van der Waals surface area contributed by atoms with Gasteiger partial charge in [-0.2, -0.15) is 0 Å². The SMILES string of the molecule is CC(C)(c1nccs1)n1c(=S)[nH]c2ccsc2c1=O. The highest BCUT2D eigenvalue weighted by molar-refractivity contribution is 7.71. The molecule has 3 heterocycles. The third-order valence-electron chi connectivity index (χ3n) is 3.02. The first-order chi connectivity index (χ1) is 9.01. The standard InChI is InChI=1S/C12H11N3OS3/c1-12(2,10-13-4-6-19-10)15-9(16)8-7(3-5-18-8)14-11(15)17/h3-6H,1-2H3,(H,14,17). The van der Waals surface area contributed by atoms with Gasteiger partial charge in [0.1, 0.15) is 9.71 Å². The summed E-state index contributed by atoms with van der Waals surface area (Å²) in [6.45, 7) is 3.91. The van der Waals surface area contributed by atoms with Crippen LogP contribution in [0.15, 0.2) is 27.8 Å². The normalized spacial score (nSPS) is 12.1. The van der Waals surface area contributed by atoms with Gasteiger partial charge in [-0.15, -0.1) is 22.7 Å². The molecule has 3 rings (SSSR count). The van der Waals surface area contributed by atoms with Gasteiger partial charge in [-0.1, -0.05) is 0 Å². The average Bonchev–Trinajstić information content (AvgIpc) is 2.98. The summed E-state index contributed by atoms with van der Waals surface area (Å²) in [6, 6.07) is 1.87. The van der Waals surface area contributed by atoms with Crippen molar-refractivity contribution in [2.45, 2.75) is 19.4 Å². The molecule has 1 N–H and O–H groups in total. The highest BCUT2D eigenvalue weighted by Crippen LogP contribution is 2.27. The summed E-state index contributed by atoms with van der Waals surface area (Å²) in [5.41, 5.74) is 0.178. The lowest BCUT2D eigenvalue weighted by Gasteiger charge is -2.25. The van der Waals surface area contributed by atoms with E-state index in [4.69, 9.17) is 12.2 Å². The molecule has 0 aromatic carbocycles. The Morgan fingerprint density at radius 1 is 1.37 bits per heavy atom. The lowest BCUT2D eigenvalue weighted by atomic mass is 10.1. The maximum atomic E-state index is 12.6. The molecule has 3 aromatic rings. The van der Waals surface area contributed by atoms with Crippen molar-refractivity contribution in [1.82, 2.24) is 14.5 Å². The van der Waals surface area contributed by atoms with Crippen molar-refractivity contribution >= 4 is 45.1 Å². The number of thiophene rings is 1. The Kier molecular flexibility index (Phi) is 2.92. The molecule has 0 saturated heterocycles. The van der Waals surface area contributed by atoms with Crippen molar-refractivity contribution in [3.05, 3.63) is 43.2 Å². The minimum absolute atomic E-state index is 0.0612. The zero-order chi connectivity index (χ0) is 13.6. The number of hydrogen-bond donors (Lipinski definition) is 1. The Bertz CT molecular complexity index is 839.